The Bertz CT molecular complexity index is 871. The fourth-order valence-electron chi connectivity index (χ4n) is 2.52. The lowest BCUT2D eigenvalue weighted by molar-refractivity contribution is -0.115. The molecule has 3 aromatic rings. The molecule has 0 atom stereocenters. The molecule has 6 heteroatoms. The number of anilines is 1. The van der Waals surface area contributed by atoms with Gasteiger partial charge in [0, 0.05) is 0 Å². The van der Waals surface area contributed by atoms with Gasteiger partial charge in [0.15, 0.2) is 0 Å². The predicted octanol–water partition coefficient (Wildman–Crippen LogP) is 4.10. The van der Waals surface area contributed by atoms with Crippen molar-refractivity contribution >= 4 is 11.9 Å². The van der Waals surface area contributed by atoms with Gasteiger partial charge in [-0.05, 0) is 34.7 Å². The lowest BCUT2D eigenvalue weighted by Crippen LogP contribution is -2.14. The quantitative estimate of drug-likeness (QED) is 0.724. The van der Waals surface area contributed by atoms with E-state index < -0.39 is 0 Å². The Hall–Kier alpha value is -3.02. The van der Waals surface area contributed by atoms with Crippen LogP contribution >= 0.6 is 0 Å². The SMILES string of the molecule is CC(C)c1ccc(Cc2nnc(NC(=O)Cc3ccc(F)cc3)o2)cc1. The molecule has 0 aliphatic rings. The molecular formula is C20H20FN3O2. The number of benzene rings is 2. The molecule has 1 heterocycles. The second kappa shape index (κ2) is 7.91. The van der Waals surface area contributed by atoms with Crippen molar-refractivity contribution in [2.75, 3.05) is 5.32 Å². The Morgan fingerprint density at radius 3 is 2.35 bits per heavy atom. The lowest BCUT2D eigenvalue weighted by Gasteiger charge is -2.05. The van der Waals surface area contributed by atoms with Crippen molar-refractivity contribution in [3.05, 3.63) is 76.9 Å². The molecule has 26 heavy (non-hydrogen) atoms. The van der Waals surface area contributed by atoms with Gasteiger partial charge in [-0.1, -0.05) is 55.3 Å². The zero-order valence-electron chi connectivity index (χ0n) is 14.7. The van der Waals surface area contributed by atoms with Crippen LogP contribution < -0.4 is 5.32 Å². The van der Waals surface area contributed by atoms with Gasteiger partial charge in [0.2, 0.25) is 11.8 Å². The number of carbonyl (C=O) groups is 1. The molecule has 0 fully saturated rings. The summed E-state index contributed by atoms with van der Waals surface area (Å²) >= 11 is 0. The molecule has 0 saturated heterocycles. The van der Waals surface area contributed by atoms with E-state index in [0.717, 1.165) is 5.56 Å². The standard InChI is InChI=1S/C20H20FN3O2/c1-13(2)16-7-3-15(4-8-16)12-19-23-24-20(26-19)22-18(25)11-14-5-9-17(21)10-6-14/h3-10,13H,11-12H2,1-2H3,(H,22,24,25). The van der Waals surface area contributed by atoms with Crippen LogP contribution in [-0.4, -0.2) is 16.1 Å². The number of halogens is 1. The summed E-state index contributed by atoms with van der Waals surface area (Å²) in [7, 11) is 0. The summed E-state index contributed by atoms with van der Waals surface area (Å²) < 4.78 is 18.4. The summed E-state index contributed by atoms with van der Waals surface area (Å²) in [6.45, 7) is 4.29. The first-order valence-electron chi connectivity index (χ1n) is 8.45. The molecule has 1 aromatic heterocycles. The van der Waals surface area contributed by atoms with E-state index in [4.69, 9.17) is 4.42 Å². The molecule has 1 amide bonds. The van der Waals surface area contributed by atoms with Gasteiger partial charge in [-0.15, -0.1) is 5.10 Å². The van der Waals surface area contributed by atoms with E-state index in [1.54, 1.807) is 12.1 Å². The fourth-order valence-corrected chi connectivity index (χ4v) is 2.52. The van der Waals surface area contributed by atoms with Crippen LogP contribution in [0.5, 0.6) is 0 Å². The van der Waals surface area contributed by atoms with Gasteiger partial charge in [-0.3, -0.25) is 10.1 Å². The van der Waals surface area contributed by atoms with E-state index in [1.165, 1.54) is 17.7 Å². The van der Waals surface area contributed by atoms with Crippen LogP contribution in [0.2, 0.25) is 0 Å². The average molecular weight is 353 g/mol. The average Bonchev–Trinajstić information content (AvgIpc) is 3.04. The third-order valence-corrected chi connectivity index (χ3v) is 3.99. The molecule has 134 valence electrons. The molecule has 0 aliphatic heterocycles. The van der Waals surface area contributed by atoms with Crippen LogP contribution in [0.3, 0.4) is 0 Å². The summed E-state index contributed by atoms with van der Waals surface area (Å²) in [5, 5.41) is 10.4. The third kappa shape index (κ3) is 4.75. The van der Waals surface area contributed by atoms with E-state index in [0.29, 0.717) is 23.8 Å². The van der Waals surface area contributed by atoms with E-state index in [2.05, 4.69) is 41.5 Å². The minimum Gasteiger partial charge on any atom is -0.407 e. The highest BCUT2D eigenvalue weighted by molar-refractivity contribution is 5.90. The van der Waals surface area contributed by atoms with Crippen LogP contribution in [0, 0.1) is 5.82 Å². The number of nitrogens with one attached hydrogen (secondary N) is 1. The van der Waals surface area contributed by atoms with Crippen molar-refractivity contribution in [3.63, 3.8) is 0 Å². The van der Waals surface area contributed by atoms with Gasteiger partial charge >= 0.3 is 6.01 Å². The largest absolute Gasteiger partial charge is 0.407 e. The van der Waals surface area contributed by atoms with Gasteiger partial charge in [0.25, 0.3) is 0 Å². The van der Waals surface area contributed by atoms with Crippen molar-refractivity contribution in [1.29, 1.82) is 0 Å². The monoisotopic (exact) mass is 353 g/mol. The van der Waals surface area contributed by atoms with Crippen molar-refractivity contribution in [2.24, 2.45) is 0 Å². The zero-order chi connectivity index (χ0) is 18.5. The Morgan fingerprint density at radius 1 is 1.04 bits per heavy atom. The van der Waals surface area contributed by atoms with Crippen LogP contribution in [0.25, 0.3) is 0 Å². The van der Waals surface area contributed by atoms with Crippen LogP contribution in [0.1, 0.15) is 42.3 Å². The second-order valence-corrected chi connectivity index (χ2v) is 6.43. The Labute approximate surface area is 151 Å². The molecular weight excluding hydrogens is 333 g/mol. The van der Waals surface area contributed by atoms with E-state index >= 15 is 0 Å². The number of amides is 1. The molecule has 0 unspecified atom stereocenters. The fraction of sp³-hybridized carbons (Fsp3) is 0.250. The van der Waals surface area contributed by atoms with Gasteiger partial charge in [-0.25, -0.2) is 4.39 Å². The van der Waals surface area contributed by atoms with E-state index in [9.17, 15) is 9.18 Å². The third-order valence-electron chi connectivity index (χ3n) is 3.99. The highest BCUT2D eigenvalue weighted by Crippen LogP contribution is 2.17. The van der Waals surface area contributed by atoms with Crippen LogP contribution in [0.4, 0.5) is 10.4 Å². The molecule has 3 rings (SSSR count). The van der Waals surface area contributed by atoms with Crippen molar-refractivity contribution < 1.29 is 13.6 Å². The van der Waals surface area contributed by atoms with Gasteiger partial charge < -0.3 is 4.42 Å². The summed E-state index contributed by atoms with van der Waals surface area (Å²) in [6.07, 6.45) is 0.605. The number of hydrogen-bond donors (Lipinski definition) is 1. The highest BCUT2D eigenvalue weighted by atomic mass is 19.1. The Balaban J connectivity index is 1.57. The van der Waals surface area contributed by atoms with Crippen LogP contribution in [-0.2, 0) is 17.6 Å². The normalized spacial score (nSPS) is 10.9. The molecule has 0 spiro atoms. The maximum Gasteiger partial charge on any atom is 0.322 e. The minimum atomic E-state index is -0.336. The first-order chi connectivity index (χ1) is 12.5. The van der Waals surface area contributed by atoms with Gasteiger partial charge in [0.1, 0.15) is 5.82 Å². The Kier molecular flexibility index (Phi) is 5.41. The van der Waals surface area contributed by atoms with Crippen LogP contribution in [0.15, 0.2) is 52.9 Å². The summed E-state index contributed by atoms with van der Waals surface area (Å²) in [6, 6.07) is 14.1. The molecule has 0 radical (unpaired) electrons. The molecule has 0 bridgehead atoms. The maximum atomic E-state index is 12.9. The number of rotatable bonds is 6. The topological polar surface area (TPSA) is 68.0 Å². The highest BCUT2D eigenvalue weighted by Gasteiger charge is 2.11. The molecule has 5 nitrogen and oxygen atoms in total. The number of nitrogens with zero attached hydrogens (tertiary/aromatic N) is 2. The Morgan fingerprint density at radius 2 is 1.69 bits per heavy atom. The summed E-state index contributed by atoms with van der Waals surface area (Å²) in [4.78, 5) is 12.0. The first-order valence-corrected chi connectivity index (χ1v) is 8.45. The summed E-state index contributed by atoms with van der Waals surface area (Å²) in [5.74, 6) is 0.278. The van der Waals surface area contributed by atoms with Crippen molar-refractivity contribution in [3.8, 4) is 0 Å². The lowest BCUT2D eigenvalue weighted by atomic mass is 10.0. The minimum absolute atomic E-state index is 0.0610. The van der Waals surface area contributed by atoms with Crippen molar-refractivity contribution in [1.82, 2.24) is 10.2 Å². The summed E-state index contributed by atoms with van der Waals surface area (Å²) in [5.41, 5.74) is 3.03. The van der Waals surface area contributed by atoms with Crippen molar-refractivity contribution in [2.45, 2.75) is 32.6 Å². The number of carbonyl (C=O) groups excluding carboxylic acids is 1. The predicted molar refractivity (Wildman–Crippen MR) is 96.4 cm³/mol. The van der Waals surface area contributed by atoms with Gasteiger partial charge in [0.05, 0.1) is 12.8 Å². The zero-order valence-corrected chi connectivity index (χ0v) is 14.7. The van der Waals surface area contributed by atoms with Gasteiger partial charge in [-0.2, -0.15) is 0 Å². The number of aromatic nitrogens is 2. The molecule has 0 aliphatic carbocycles. The smallest absolute Gasteiger partial charge is 0.322 e. The van der Waals surface area contributed by atoms with E-state index in [-0.39, 0.29) is 24.2 Å². The number of hydrogen-bond acceptors (Lipinski definition) is 4. The molecule has 2 aromatic carbocycles. The van der Waals surface area contributed by atoms with E-state index in [1.807, 2.05) is 12.1 Å². The second-order valence-electron chi connectivity index (χ2n) is 6.43. The molecule has 0 saturated carbocycles. The maximum absolute atomic E-state index is 12.9. The first kappa shape index (κ1) is 17.8. The molecule has 1 N–H and O–H groups in total.